The Morgan fingerprint density at radius 1 is 0.968 bits per heavy atom. The van der Waals surface area contributed by atoms with Crippen molar-refractivity contribution < 1.29 is 27.5 Å². The van der Waals surface area contributed by atoms with Gasteiger partial charge in [-0.15, -0.1) is 0 Å². The van der Waals surface area contributed by atoms with Crippen LogP contribution in [0.15, 0.2) is 72.8 Å². The number of ether oxygens (including phenoxy) is 1. The predicted octanol–water partition coefficient (Wildman–Crippen LogP) is 6.25. The molecule has 0 heterocycles. The molecule has 160 valence electrons. The van der Waals surface area contributed by atoms with Crippen LogP contribution in [0, 0.1) is 0 Å². The van der Waals surface area contributed by atoms with Gasteiger partial charge in [0.15, 0.2) is 0 Å². The third-order valence-corrected chi connectivity index (χ3v) is 4.51. The molecule has 31 heavy (non-hydrogen) atoms. The van der Waals surface area contributed by atoms with Gasteiger partial charge in [0, 0.05) is 23.4 Å². The second kappa shape index (κ2) is 9.09. The van der Waals surface area contributed by atoms with Crippen LogP contribution in [0.3, 0.4) is 0 Å². The van der Waals surface area contributed by atoms with Gasteiger partial charge in [-0.1, -0.05) is 29.8 Å². The zero-order chi connectivity index (χ0) is 22.6. The highest BCUT2D eigenvalue weighted by Gasteiger charge is 2.30. The summed E-state index contributed by atoms with van der Waals surface area (Å²) in [5.74, 6) is -0.756. The molecule has 9 heteroatoms. The van der Waals surface area contributed by atoms with Crippen LogP contribution >= 0.6 is 11.6 Å². The molecule has 3 aromatic rings. The van der Waals surface area contributed by atoms with Gasteiger partial charge in [-0.2, -0.15) is 13.2 Å². The number of carbonyl (C=O) groups excluding carboxylic acids is 2. The van der Waals surface area contributed by atoms with Crippen LogP contribution in [0.5, 0.6) is 5.75 Å². The molecule has 3 aromatic carbocycles. The number of hydrogen-bond acceptors (Lipinski definition) is 3. The molecular formula is C22H16ClF3N2O3. The normalized spacial score (nSPS) is 11.0. The Labute approximate surface area is 181 Å². The first-order valence-corrected chi connectivity index (χ1v) is 9.31. The zero-order valence-corrected chi connectivity index (χ0v) is 16.9. The van der Waals surface area contributed by atoms with Crippen LogP contribution in [0.4, 0.5) is 29.3 Å². The molecule has 0 spiro atoms. The van der Waals surface area contributed by atoms with E-state index in [4.69, 9.17) is 16.3 Å². The lowest BCUT2D eigenvalue weighted by Gasteiger charge is -2.18. The van der Waals surface area contributed by atoms with Crippen molar-refractivity contribution in [1.29, 1.82) is 0 Å². The lowest BCUT2D eigenvalue weighted by atomic mass is 10.1. The van der Waals surface area contributed by atoms with E-state index in [1.54, 1.807) is 30.3 Å². The molecule has 0 aliphatic carbocycles. The third-order valence-electron chi connectivity index (χ3n) is 4.27. The zero-order valence-electron chi connectivity index (χ0n) is 16.1. The molecule has 0 saturated carbocycles. The van der Waals surface area contributed by atoms with Crippen molar-refractivity contribution >= 4 is 35.0 Å². The fourth-order valence-electron chi connectivity index (χ4n) is 2.63. The van der Waals surface area contributed by atoms with Crippen molar-refractivity contribution in [1.82, 2.24) is 0 Å². The number of benzene rings is 3. The average molecular weight is 449 g/mol. The summed E-state index contributed by atoms with van der Waals surface area (Å²) in [5, 5.41) is 2.69. The van der Waals surface area contributed by atoms with E-state index in [1.165, 1.54) is 30.1 Å². The number of carbonyl (C=O) groups is 2. The highest BCUT2D eigenvalue weighted by atomic mass is 35.5. The van der Waals surface area contributed by atoms with Gasteiger partial charge in [-0.3, -0.25) is 9.69 Å². The van der Waals surface area contributed by atoms with Gasteiger partial charge in [0.2, 0.25) is 0 Å². The average Bonchev–Trinajstić information content (AvgIpc) is 2.74. The molecular weight excluding hydrogens is 433 g/mol. The Morgan fingerprint density at radius 3 is 2.23 bits per heavy atom. The van der Waals surface area contributed by atoms with E-state index >= 15 is 0 Å². The van der Waals surface area contributed by atoms with Gasteiger partial charge in [-0.25, -0.2) is 4.79 Å². The maximum absolute atomic E-state index is 12.7. The smallest absolute Gasteiger partial charge is 0.409 e. The standard InChI is InChI=1S/C22H16ClF3N2O3/c1-28(17-5-3-2-4-6-17)21(30)31-19-12-9-15(23)13-18(19)20(29)27-16-10-7-14(8-11-16)22(24,25)26/h2-13H,1H3,(H,27,29). The molecule has 0 bridgehead atoms. The Hall–Kier alpha value is -3.52. The quantitative estimate of drug-likeness (QED) is 0.513. The molecule has 0 unspecified atom stereocenters. The topological polar surface area (TPSA) is 58.6 Å². The fourth-order valence-corrected chi connectivity index (χ4v) is 2.80. The van der Waals surface area contributed by atoms with Crippen molar-refractivity contribution in [3.63, 3.8) is 0 Å². The number of hydrogen-bond donors (Lipinski definition) is 1. The third kappa shape index (κ3) is 5.55. The SMILES string of the molecule is CN(C(=O)Oc1ccc(Cl)cc1C(=O)Nc1ccc(C(F)(F)F)cc1)c1ccccc1. The Kier molecular flexibility index (Phi) is 6.50. The van der Waals surface area contributed by atoms with E-state index < -0.39 is 23.7 Å². The molecule has 0 radical (unpaired) electrons. The minimum absolute atomic E-state index is 0.0535. The maximum atomic E-state index is 12.7. The van der Waals surface area contributed by atoms with Gasteiger partial charge in [0.25, 0.3) is 5.91 Å². The predicted molar refractivity (Wildman–Crippen MR) is 112 cm³/mol. The van der Waals surface area contributed by atoms with E-state index in [-0.39, 0.29) is 22.0 Å². The van der Waals surface area contributed by atoms with E-state index in [1.807, 2.05) is 0 Å². The van der Waals surface area contributed by atoms with Crippen molar-refractivity contribution in [3.05, 3.63) is 88.9 Å². The summed E-state index contributed by atoms with van der Waals surface area (Å²) in [7, 11) is 1.51. The Bertz CT molecular complexity index is 1090. The molecule has 0 aliphatic heterocycles. The number of nitrogens with one attached hydrogen (secondary N) is 1. The summed E-state index contributed by atoms with van der Waals surface area (Å²) in [5.41, 5.74) is -0.178. The van der Waals surface area contributed by atoms with E-state index in [2.05, 4.69) is 5.32 Å². The first-order valence-electron chi connectivity index (χ1n) is 8.94. The fraction of sp³-hybridized carbons (Fsp3) is 0.0909. The largest absolute Gasteiger partial charge is 0.419 e. The Balaban J connectivity index is 1.79. The first-order chi connectivity index (χ1) is 14.6. The van der Waals surface area contributed by atoms with Crippen molar-refractivity contribution in [2.45, 2.75) is 6.18 Å². The lowest BCUT2D eigenvalue weighted by molar-refractivity contribution is -0.137. The molecule has 3 rings (SSSR count). The molecule has 0 fully saturated rings. The van der Waals surface area contributed by atoms with E-state index in [0.717, 1.165) is 24.3 Å². The Morgan fingerprint density at radius 2 is 1.61 bits per heavy atom. The number of anilines is 2. The van der Waals surface area contributed by atoms with E-state index in [0.29, 0.717) is 5.69 Å². The minimum Gasteiger partial charge on any atom is -0.409 e. The number of rotatable bonds is 4. The molecule has 0 saturated heterocycles. The molecule has 0 atom stereocenters. The van der Waals surface area contributed by atoms with Gasteiger partial charge in [0.1, 0.15) is 5.75 Å². The van der Waals surface area contributed by atoms with Crippen LogP contribution in [-0.4, -0.2) is 19.0 Å². The first kappa shape index (κ1) is 22.2. The summed E-state index contributed by atoms with van der Waals surface area (Å²) in [6, 6.07) is 16.8. The number of para-hydroxylation sites is 1. The number of nitrogens with zero attached hydrogens (tertiary/aromatic N) is 1. The molecule has 0 aliphatic rings. The van der Waals surface area contributed by atoms with Crippen molar-refractivity contribution in [2.75, 3.05) is 17.3 Å². The summed E-state index contributed by atoms with van der Waals surface area (Å²) < 4.78 is 43.5. The number of alkyl halides is 3. The number of amides is 2. The van der Waals surface area contributed by atoms with Crippen LogP contribution < -0.4 is 15.0 Å². The monoisotopic (exact) mass is 448 g/mol. The second-order valence-corrected chi connectivity index (χ2v) is 6.87. The summed E-state index contributed by atoms with van der Waals surface area (Å²) in [6.07, 6.45) is -5.22. The highest BCUT2D eigenvalue weighted by Crippen LogP contribution is 2.30. The van der Waals surface area contributed by atoms with Gasteiger partial charge in [0.05, 0.1) is 11.1 Å². The van der Waals surface area contributed by atoms with Gasteiger partial charge < -0.3 is 10.1 Å². The highest BCUT2D eigenvalue weighted by molar-refractivity contribution is 6.31. The van der Waals surface area contributed by atoms with Gasteiger partial charge >= 0.3 is 12.3 Å². The summed E-state index contributed by atoms with van der Waals surface area (Å²) in [4.78, 5) is 26.4. The van der Waals surface area contributed by atoms with Crippen molar-refractivity contribution in [3.8, 4) is 5.75 Å². The lowest BCUT2D eigenvalue weighted by Crippen LogP contribution is -2.30. The van der Waals surface area contributed by atoms with Crippen molar-refractivity contribution in [2.24, 2.45) is 0 Å². The van der Waals surface area contributed by atoms with Crippen LogP contribution in [-0.2, 0) is 6.18 Å². The van der Waals surface area contributed by atoms with Crippen LogP contribution in [0.1, 0.15) is 15.9 Å². The second-order valence-electron chi connectivity index (χ2n) is 6.43. The molecule has 5 nitrogen and oxygen atoms in total. The summed E-state index contributed by atoms with van der Waals surface area (Å²) in [6.45, 7) is 0. The minimum atomic E-state index is -4.48. The summed E-state index contributed by atoms with van der Waals surface area (Å²) >= 11 is 5.97. The maximum Gasteiger partial charge on any atom is 0.419 e. The van der Waals surface area contributed by atoms with E-state index in [9.17, 15) is 22.8 Å². The number of halogens is 4. The van der Waals surface area contributed by atoms with Gasteiger partial charge in [-0.05, 0) is 54.6 Å². The van der Waals surface area contributed by atoms with Crippen LogP contribution in [0.2, 0.25) is 5.02 Å². The molecule has 0 aromatic heterocycles. The molecule has 2 amide bonds. The van der Waals surface area contributed by atoms with Crippen LogP contribution in [0.25, 0.3) is 0 Å². The molecule has 1 N–H and O–H groups in total.